The van der Waals surface area contributed by atoms with Crippen molar-refractivity contribution < 1.29 is 32.7 Å². The minimum absolute atomic E-state index is 0. The Morgan fingerprint density at radius 2 is 1.61 bits per heavy atom. The first kappa shape index (κ1) is 31.9. The predicted molar refractivity (Wildman–Crippen MR) is 231 cm³/mol. The Labute approximate surface area is 359 Å². The molecule has 1 radical (unpaired) electrons. The molecule has 4 heteroatoms. The van der Waals surface area contributed by atoms with Crippen molar-refractivity contribution in [2.75, 3.05) is 0 Å². The van der Waals surface area contributed by atoms with E-state index in [-0.39, 0.29) is 25.7 Å². The van der Waals surface area contributed by atoms with Gasteiger partial charge in [0, 0.05) is 46.1 Å². The molecule has 8 aromatic rings. The molecule has 3 atom stereocenters. The van der Waals surface area contributed by atoms with Gasteiger partial charge >= 0.3 is 0 Å². The summed E-state index contributed by atoms with van der Waals surface area (Å²) in [5, 5.41) is 2.20. The van der Waals surface area contributed by atoms with Gasteiger partial charge in [-0.1, -0.05) is 142 Å². The first-order valence-corrected chi connectivity index (χ1v) is 19.6. The normalized spacial score (nSPS) is 20.6. The SMILES string of the molecule is [2H]C([2H])([2H])c1c[c-]c(-c2ccc(C([2H])([2H])C(C)(C)C)cn2)cc1-c1ccccc1.[2H]C1(c2ccc(-c3ccnc(-c4[c-]ccc5c4oc4ccccc45)c3)cc2)CC2CCC1C2.[Ir]. The number of aromatic nitrogens is 2. The van der Waals surface area contributed by atoms with Gasteiger partial charge in [0.05, 0.1) is 5.58 Å². The zero-order chi connectivity index (χ0) is 43.4. The molecule has 3 heterocycles. The van der Waals surface area contributed by atoms with Gasteiger partial charge < -0.3 is 14.4 Å². The van der Waals surface area contributed by atoms with Gasteiger partial charge in [0.2, 0.25) is 0 Å². The van der Waals surface area contributed by atoms with Crippen molar-refractivity contribution in [2.45, 2.75) is 65.6 Å². The van der Waals surface area contributed by atoms with Crippen LogP contribution in [-0.2, 0) is 26.5 Å². The molecule has 3 unspecified atom stereocenters. The minimum atomic E-state index is -2.25. The van der Waals surface area contributed by atoms with E-state index in [0.717, 1.165) is 62.2 Å². The number of hydrogen-bond acceptors (Lipinski definition) is 3. The zero-order valence-electron chi connectivity index (χ0n) is 38.4. The molecule has 3 aromatic heterocycles. The van der Waals surface area contributed by atoms with E-state index in [9.17, 15) is 0 Å². The van der Waals surface area contributed by atoms with E-state index >= 15 is 0 Å². The molecule has 287 valence electrons. The van der Waals surface area contributed by atoms with Crippen LogP contribution < -0.4 is 0 Å². The van der Waals surface area contributed by atoms with Crippen LogP contribution in [0.15, 0.2) is 144 Å². The summed E-state index contributed by atoms with van der Waals surface area (Å²) in [6.45, 7) is 3.32. The Hall–Kier alpha value is -5.15. The van der Waals surface area contributed by atoms with E-state index in [2.05, 4.69) is 64.6 Å². The second-order valence-corrected chi connectivity index (χ2v) is 16.2. The first-order chi connectivity index (χ1) is 29.6. The van der Waals surface area contributed by atoms with Crippen molar-refractivity contribution in [1.29, 1.82) is 0 Å². The fourth-order valence-electron chi connectivity index (χ4n) is 8.47. The van der Waals surface area contributed by atoms with Gasteiger partial charge in [-0.2, -0.15) is 0 Å². The zero-order valence-corrected chi connectivity index (χ0v) is 34.8. The second kappa shape index (κ2) is 16.4. The molecule has 10 rings (SSSR count). The third-order valence-electron chi connectivity index (χ3n) is 11.1. The molecule has 3 nitrogen and oxygen atoms in total. The maximum absolute atomic E-state index is 9.13. The third-order valence-corrected chi connectivity index (χ3v) is 11.1. The Morgan fingerprint density at radius 1 is 0.789 bits per heavy atom. The molecule has 5 aromatic carbocycles. The van der Waals surface area contributed by atoms with Crippen LogP contribution in [0.4, 0.5) is 0 Å². The van der Waals surface area contributed by atoms with Gasteiger partial charge in [-0.05, 0) is 100 Å². The molecule has 0 N–H and O–H groups in total. The van der Waals surface area contributed by atoms with E-state index in [4.69, 9.17) is 12.6 Å². The van der Waals surface area contributed by atoms with Gasteiger partial charge in [-0.25, -0.2) is 0 Å². The van der Waals surface area contributed by atoms with E-state index in [1.54, 1.807) is 24.4 Å². The largest absolute Gasteiger partial charge is 0.501 e. The molecule has 0 aliphatic heterocycles. The number of furan rings is 1. The van der Waals surface area contributed by atoms with Crippen LogP contribution in [-0.4, -0.2) is 9.97 Å². The van der Waals surface area contributed by atoms with Crippen molar-refractivity contribution in [3.63, 3.8) is 0 Å². The molecule has 2 saturated carbocycles. The van der Waals surface area contributed by atoms with Crippen molar-refractivity contribution in [3.8, 4) is 44.8 Å². The molecular weight excluding hydrogens is 873 g/mol. The van der Waals surface area contributed by atoms with Crippen LogP contribution in [0.3, 0.4) is 0 Å². The smallest absolute Gasteiger partial charge is 0.120 e. The standard InChI is InChI=1S/C30H24NO.C23H24N.Ir/c1-2-7-29-24(4-1)25-5-3-6-26(30(25)32-29)28-18-22(14-15-31-28)20-10-12-21(13-11-20)27-17-19-8-9-23(27)16-19;1-17-10-12-20(14-21(17)19-8-6-5-7-9-19)22-13-11-18(16-24-22)15-23(2,3)4;/h1-5,7,10-15,18-19,23,27H,8-9,16-17H2;5-11,13-14,16H,15H2,1-4H3;/q2*-1;/i27D;1D3,15D2;. The monoisotopic (exact) mass is 927 g/mol. The van der Waals surface area contributed by atoms with E-state index in [1.807, 2.05) is 87.6 Å². The Balaban J connectivity index is 0.000000172. The predicted octanol–water partition coefficient (Wildman–Crippen LogP) is 14.1. The molecule has 0 spiro atoms. The minimum Gasteiger partial charge on any atom is -0.501 e. The fourth-order valence-corrected chi connectivity index (χ4v) is 8.47. The average Bonchev–Trinajstić information content (AvgIpc) is 4.00. The molecule has 2 aliphatic carbocycles. The molecule has 2 aliphatic rings. The number of fused-ring (bicyclic) bond motifs is 5. The Morgan fingerprint density at radius 3 is 2.35 bits per heavy atom. The molecule has 0 amide bonds. The molecule has 0 saturated heterocycles. The van der Waals surface area contributed by atoms with Crippen molar-refractivity contribution >= 4 is 21.9 Å². The number of benzene rings is 5. The molecular formula is C53H48IrN2O-2. The van der Waals surface area contributed by atoms with E-state index in [1.165, 1.54) is 30.9 Å². The van der Waals surface area contributed by atoms with Crippen LogP contribution in [0, 0.1) is 36.2 Å². The van der Waals surface area contributed by atoms with Gasteiger partial charge in [-0.3, -0.25) is 0 Å². The number of hydrogen-bond donors (Lipinski definition) is 0. The molecule has 57 heavy (non-hydrogen) atoms. The summed E-state index contributed by atoms with van der Waals surface area (Å²) < 4.78 is 55.7. The summed E-state index contributed by atoms with van der Waals surface area (Å²) in [5.74, 6) is 0.893. The molecule has 2 fully saturated rings. The first-order valence-electron chi connectivity index (χ1n) is 22.6. The van der Waals surface area contributed by atoms with Crippen molar-refractivity contribution in [2.24, 2.45) is 17.3 Å². The van der Waals surface area contributed by atoms with Gasteiger partial charge in [0.15, 0.2) is 0 Å². The van der Waals surface area contributed by atoms with Gasteiger partial charge in [0.1, 0.15) is 5.58 Å². The van der Waals surface area contributed by atoms with Gasteiger partial charge in [0.25, 0.3) is 0 Å². The van der Waals surface area contributed by atoms with Crippen LogP contribution in [0.2, 0.25) is 0 Å². The van der Waals surface area contributed by atoms with E-state index < -0.39 is 24.5 Å². The number of pyridine rings is 2. The maximum atomic E-state index is 9.13. The second-order valence-electron chi connectivity index (χ2n) is 16.2. The maximum Gasteiger partial charge on any atom is 0.120 e. The topological polar surface area (TPSA) is 38.9 Å². The molecule has 2 bridgehead atoms. The van der Waals surface area contributed by atoms with Crippen LogP contribution >= 0.6 is 0 Å². The Bertz CT molecular complexity index is 2890. The van der Waals surface area contributed by atoms with E-state index in [0.29, 0.717) is 28.3 Å². The number of nitrogens with zero attached hydrogens (tertiary/aromatic N) is 2. The quantitative estimate of drug-likeness (QED) is 0.156. The fraction of sp³-hybridized carbons (Fsp3) is 0.245. The van der Waals surface area contributed by atoms with Crippen molar-refractivity contribution in [1.82, 2.24) is 9.97 Å². The number of rotatable bonds is 6. The summed E-state index contributed by atoms with van der Waals surface area (Å²) >= 11 is 0. The third kappa shape index (κ3) is 8.31. The van der Waals surface area contributed by atoms with Gasteiger partial charge in [-0.15, -0.1) is 47.5 Å². The van der Waals surface area contributed by atoms with Crippen molar-refractivity contribution in [3.05, 3.63) is 169 Å². The van der Waals surface area contributed by atoms with Crippen LogP contribution in [0.25, 0.3) is 66.7 Å². The number of aryl methyl sites for hydroxylation is 1. The van der Waals surface area contributed by atoms with Crippen LogP contribution in [0.1, 0.15) is 77.3 Å². The summed E-state index contributed by atoms with van der Waals surface area (Å²) in [6, 6.07) is 47.5. The van der Waals surface area contributed by atoms with Crippen LogP contribution in [0.5, 0.6) is 0 Å². The summed E-state index contributed by atoms with van der Waals surface area (Å²) in [4.78, 5) is 9.10. The summed E-state index contributed by atoms with van der Waals surface area (Å²) in [6.07, 6.45) is 6.68. The number of para-hydroxylation sites is 1. The summed E-state index contributed by atoms with van der Waals surface area (Å²) in [7, 11) is 0. The Kier molecular flexibility index (Phi) is 9.16. The summed E-state index contributed by atoms with van der Waals surface area (Å²) in [5.41, 5.74) is 9.78. The average molecular weight is 927 g/mol.